The lowest BCUT2D eigenvalue weighted by Gasteiger charge is -2.10. The number of phenolic OH excluding ortho intramolecular Hbond substituents is 1. The van der Waals surface area contributed by atoms with Gasteiger partial charge in [0.05, 0.1) is 0 Å². The summed E-state index contributed by atoms with van der Waals surface area (Å²) < 4.78 is 0. The van der Waals surface area contributed by atoms with E-state index in [2.05, 4.69) is 29.5 Å². The van der Waals surface area contributed by atoms with Crippen LogP contribution in [0.25, 0.3) is 0 Å². The Bertz CT molecular complexity index is 445. The van der Waals surface area contributed by atoms with Crippen molar-refractivity contribution in [2.45, 2.75) is 32.7 Å². The van der Waals surface area contributed by atoms with Crippen molar-refractivity contribution >= 4 is 5.96 Å². The van der Waals surface area contributed by atoms with Crippen molar-refractivity contribution in [3.8, 4) is 5.75 Å². The van der Waals surface area contributed by atoms with Crippen LogP contribution in [0, 0.1) is 5.92 Å². The van der Waals surface area contributed by atoms with Gasteiger partial charge in [-0.25, -0.2) is 0 Å². The molecular weight excluding hydrogens is 238 g/mol. The van der Waals surface area contributed by atoms with E-state index in [9.17, 15) is 5.11 Å². The molecule has 1 aliphatic rings. The molecule has 1 fully saturated rings. The van der Waals surface area contributed by atoms with Crippen molar-refractivity contribution in [1.82, 2.24) is 10.6 Å². The highest BCUT2D eigenvalue weighted by Crippen LogP contribution is 2.28. The molecule has 2 unspecified atom stereocenters. The lowest BCUT2D eigenvalue weighted by molar-refractivity contribution is 0.474. The van der Waals surface area contributed by atoms with E-state index in [0.717, 1.165) is 37.0 Å². The zero-order valence-electron chi connectivity index (χ0n) is 11.7. The maximum Gasteiger partial charge on any atom is 0.191 e. The second-order valence-electron chi connectivity index (χ2n) is 5.14. The van der Waals surface area contributed by atoms with Crippen LogP contribution in [0.1, 0.15) is 25.8 Å². The molecule has 0 amide bonds. The fourth-order valence-corrected chi connectivity index (χ4v) is 2.03. The van der Waals surface area contributed by atoms with Gasteiger partial charge in [0.1, 0.15) is 5.75 Å². The highest BCUT2D eigenvalue weighted by Gasteiger charge is 2.33. The summed E-state index contributed by atoms with van der Waals surface area (Å²) in [5, 5.41) is 16.1. The van der Waals surface area contributed by atoms with Gasteiger partial charge in [-0.15, -0.1) is 0 Å². The van der Waals surface area contributed by atoms with E-state index in [1.165, 1.54) is 6.42 Å². The summed E-state index contributed by atoms with van der Waals surface area (Å²) in [6.07, 6.45) is 2.07. The van der Waals surface area contributed by atoms with E-state index < -0.39 is 0 Å². The molecule has 19 heavy (non-hydrogen) atoms. The Labute approximate surface area is 114 Å². The van der Waals surface area contributed by atoms with Crippen LogP contribution >= 0.6 is 0 Å². The predicted octanol–water partition coefficient (Wildman–Crippen LogP) is 1.90. The second kappa shape index (κ2) is 6.45. The van der Waals surface area contributed by atoms with Gasteiger partial charge >= 0.3 is 0 Å². The average molecular weight is 261 g/mol. The number of nitrogens with one attached hydrogen (secondary N) is 2. The summed E-state index contributed by atoms with van der Waals surface area (Å²) in [6, 6.07) is 7.94. The zero-order valence-corrected chi connectivity index (χ0v) is 11.7. The largest absolute Gasteiger partial charge is 0.508 e. The number of hydrogen-bond acceptors (Lipinski definition) is 2. The van der Waals surface area contributed by atoms with Gasteiger partial charge in [-0.1, -0.05) is 19.1 Å². The summed E-state index contributed by atoms with van der Waals surface area (Å²) in [5.41, 5.74) is 1.11. The first-order chi connectivity index (χ1) is 9.19. The number of hydrogen-bond donors (Lipinski definition) is 3. The molecule has 1 aliphatic carbocycles. The summed E-state index contributed by atoms with van der Waals surface area (Å²) in [7, 11) is 0. The van der Waals surface area contributed by atoms with Gasteiger partial charge in [0.2, 0.25) is 0 Å². The lowest BCUT2D eigenvalue weighted by atomic mass is 10.1. The number of aromatic hydroxyl groups is 1. The van der Waals surface area contributed by atoms with Crippen LogP contribution in [0.3, 0.4) is 0 Å². The third-order valence-corrected chi connectivity index (χ3v) is 3.36. The van der Waals surface area contributed by atoms with Gasteiger partial charge in [-0.05, 0) is 43.4 Å². The molecular formula is C15H23N3O. The minimum atomic E-state index is 0.318. The third kappa shape index (κ3) is 4.47. The van der Waals surface area contributed by atoms with Gasteiger partial charge in [0.25, 0.3) is 0 Å². The molecule has 0 radical (unpaired) electrons. The molecule has 0 saturated heterocycles. The summed E-state index contributed by atoms with van der Waals surface area (Å²) in [5.74, 6) is 1.98. The number of rotatable bonds is 5. The van der Waals surface area contributed by atoms with E-state index in [0.29, 0.717) is 11.8 Å². The Hall–Kier alpha value is -1.71. The SMILES string of the molecule is CCNC(=NCCc1cccc(O)c1)NC1CC1C. The Balaban J connectivity index is 1.83. The number of nitrogens with zero attached hydrogens (tertiary/aromatic N) is 1. The lowest BCUT2D eigenvalue weighted by Crippen LogP contribution is -2.39. The number of aliphatic imine (C=N–C) groups is 1. The topological polar surface area (TPSA) is 56.7 Å². The van der Waals surface area contributed by atoms with E-state index in [-0.39, 0.29) is 0 Å². The molecule has 0 spiro atoms. The van der Waals surface area contributed by atoms with Crippen LogP contribution in [0.2, 0.25) is 0 Å². The van der Waals surface area contributed by atoms with Crippen molar-refractivity contribution in [1.29, 1.82) is 0 Å². The van der Waals surface area contributed by atoms with Gasteiger partial charge in [0.15, 0.2) is 5.96 Å². The van der Waals surface area contributed by atoms with Crippen molar-refractivity contribution in [2.24, 2.45) is 10.9 Å². The van der Waals surface area contributed by atoms with E-state index >= 15 is 0 Å². The van der Waals surface area contributed by atoms with Crippen molar-refractivity contribution < 1.29 is 5.11 Å². The standard InChI is InChI=1S/C15H23N3O/c1-3-16-15(18-14-9-11(14)2)17-8-7-12-5-4-6-13(19)10-12/h4-6,10-11,14,19H,3,7-9H2,1-2H3,(H2,16,17,18). The Morgan fingerprint density at radius 3 is 2.89 bits per heavy atom. The molecule has 4 heteroatoms. The molecule has 2 atom stereocenters. The molecule has 3 N–H and O–H groups in total. The van der Waals surface area contributed by atoms with Crippen LogP contribution in [0.15, 0.2) is 29.3 Å². The normalized spacial score (nSPS) is 22.1. The number of phenols is 1. The third-order valence-electron chi connectivity index (χ3n) is 3.36. The molecule has 0 aromatic heterocycles. The van der Waals surface area contributed by atoms with Crippen molar-refractivity contribution in [3.05, 3.63) is 29.8 Å². The first-order valence-corrected chi connectivity index (χ1v) is 7.01. The minimum absolute atomic E-state index is 0.318. The molecule has 1 saturated carbocycles. The Morgan fingerprint density at radius 1 is 1.47 bits per heavy atom. The van der Waals surface area contributed by atoms with Crippen molar-refractivity contribution in [3.63, 3.8) is 0 Å². The van der Waals surface area contributed by atoms with E-state index in [1.54, 1.807) is 12.1 Å². The van der Waals surface area contributed by atoms with Crippen molar-refractivity contribution in [2.75, 3.05) is 13.1 Å². The van der Waals surface area contributed by atoms with Gasteiger partial charge in [0, 0.05) is 19.1 Å². The molecule has 2 rings (SSSR count). The maximum atomic E-state index is 9.40. The second-order valence-corrected chi connectivity index (χ2v) is 5.14. The predicted molar refractivity (Wildman–Crippen MR) is 78.5 cm³/mol. The van der Waals surface area contributed by atoms with Gasteiger partial charge in [-0.3, -0.25) is 4.99 Å². The highest BCUT2D eigenvalue weighted by atomic mass is 16.3. The highest BCUT2D eigenvalue weighted by molar-refractivity contribution is 5.80. The van der Waals surface area contributed by atoms with Crippen LogP contribution in [0.5, 0.6) is 5.75 Å². The molecule has 0 heterocycles. The molecule has 1 aromatic rings. The molecule has 1 aromatic carbocycles. The number of benzene rings is 1. The number of guanidine groups is 1. The van der Waals surface area contributed by atoms with E-state index in [1.807, 2.05) is 12.1 Å². The monoisotopic (exact) mass is 261 g/mol. The fraction of sp³-hybridized carbons (Fsp3) is 0.533. The maximum absolute atomic E-state index is 9.40. The molecule has 0 aliphatic heterocycles. The van der Waals surface area contributed by atoms with Crippen LogP contribution in [-0.4, -0.2) is 30.2 Å². The Morgan fingerprint density at radius 2 is 2.26 bits per heavy atom. The van der Waals surface area contributed by atoms with Gasteiger partial charge < -0.3 is 15.7 Å². The molecule has 0 bridgehead atoms. The Kier molecular flexibility index (Phi) is 4.66. The quantitative estimate of drug-likeness (QED) is 0.560. The smallest absolute Gasteiger partial charge is 0.191 e. The average Bonchev–Trinajstić information content (AvgIpc) is 3.05. The minimum Gasteiger partial charge on any atom is -0.508 e. The molecule has 4 nitrogen and oxygen atoms in total. The summed E-state index contributed by atoms with van der Waals surface area (Å²) in [6.45, 7) is 5.91. The van der Waals surface area contributed by atoms with E-state index in [4.69, 9.17) is 0 Å². The van der Waals surface area contributed by atoms with Crippen LogP contribution < -0.4 is 10.6 Å². The zero-order chi connectivity index (χ0) is 13.7. The summed E-state index contributed by atoms with van der Waals surface area (Å²) in [4.78, 5) is 4.57. The molecule has 104 valence electrons. The first-order valence-electron chi connectivity index (χ1n) is 7.01. The fourth-order valence-electron chi connectivity index (χ4n) is 2.03. The van der Waals surface area contributed by atoms with Gasteiger partial charge in [-0.2, -0.15) is 0 Å². The summed E-state index contributed by atoms with van der Waals surface area (Å²) >= 11 is 0. The van der Waals surface area contributed by atoms with Crippen LogP contribution in [-0.2, 0) is 6.42 Å². The van der Waals surface area contributed by atoms with Crippen LogP contribution in [0.4, 0.5) is 0 Å². The first kappa shape index (κ1) is 13.7.